The molecule has 0 radical (unpaired) electrons. The topological polar surface area (TPSA) is 43.1 Å². The van der Waals surface area contributed by atoms with Gasteiger partial charge in [-0.1, -0.05) is 18.2 Å². The Balaban J connectivity index is 2.68. The highest BCUT2D eigenvalue weighted by molar-refractivity contribution is 5.74. The molecule has 0 saturated carbocycles. The molecule has 0 aromatic heterocycles. The van der Waals surface area contributed by atoms with Crippen molar-refractivity contribution < 1.29 is 4.79 Å². The van der Waals surface area contributed by atoms with Gasteiger partial charge in [0.05, 0.1) is 0 Å². The molecule has 0 aliphatic carbocycles. The molecule has 0 spiro atoms. The Morgan fingerprint density at radius 1 is 1.31 bits per heavy atom. The highest BCUT2D eigenvalue weighted by Crippen LogP contribution is 2.11. The number of aryl methyl sites for hydroxylation is 3. The lowest BCUT2D eigenvalue weighted by molar-refractivity contribution is -0.117. The number of carbonyl (C=O) groups excluding carboxylic acids is 1. The Bertz CT molecular complexity index is 318. The third kappa shape index (κ3) is 2.90. The first-order valence-corrected chi connectivity index (χ1v) is 4.44. The largest absolute Gasteiger partial charge is 0.370 e. The number of rotatable bonds is 3. The van der Waals surface area contributed by atoms with Crippen LogP contribution in [0.4, 0.5) is 0 Å². The molecular formula is C11H15NO. The minimum atomic E-state index is -0.238. The molecule has 0 fully saturated rings. The van der Waals surface area contributed by atoms with Crippen molar-refractivity contribution in [3.63, 3.8) is 0 Å². The average molecular weight is 177 g/mol. The van der Waals surface area contributed by atoms with Crippen molar-refractivity contribution in [1.29, 1.82) is 0 Å². The van der Waals surface area contributed by atoms with Crippen molar-refractivity contribution in [2.75, 3.05) is 0 Å². The molecule has 0 unspecified atom stereocenters. The van der Waals surface area contributed by atoms with E-state index in [4.69, 9.17) is 5.73 Å². The number of hydrogen-bond acceptors (Lipinski definition) is 1. The van der Waals surface area contributed by atoms with Gasteiger partial charge in [-0.25, -0.2) is 0 Å². The monoisotopic (exact) mass is 177 g/mol. The van der Waals surface area contributed by atoms with E-state index in [-0.39, 0.29) is 5.91 Å². The van der Waals surface area contributed by atoms with Gasteiger partial charge < -0.3 is 5.73 Å². The van der Waals surface area contributed by atoms with Crippen LogP contribution in [0.2, 0.25) is 0 Å². The Kier molecular flexibility index (Phi) is 3.07. The number of primary amides is 1. The summed E-state index contributed by atoms with van der Waals surface area (Å²) >= 11 is 0. The van der Waals surface area contributed by atoms with E-state index in [1.54, 1.807) is 0 Å². The van der Waals surface area contributed by atoms with E-state index in [0.717, 1.165) is 6.42 Å². The predicted octanol–water partition coefficient (Wildman–Crippen LogP) is 1.72. The van der Waals surface area contributed by atoms with Crippen molar-refractivity contribution in [2.24, 2.45) is 5.73 Å². The lowest BCUT2D eigenvalue weighted by atomic mass is 10.0. The van der Waals surface area contributed by atoms with E-state index >= 15 is 0 Å². The van der Waals surface area contributed by atoms with Crippen molar-refractivity contribution >= 4 is 5.91 Å². The van der Waals surface area contributed by atoms with Gasteiger partial charge in [0, 0.05) is 6.42 Å². The van der Waals surface area contributed by atoms with Crippen LogP contribution in [-0.4, -0.2) is 5.91 Å². The summed E-state index contributed by atoms with van der Waals surface area (Å²) in [4.78, 5) is 10.5. The fraction of sp³-hybridized carbons (Fsp3) is 0.364. The summed E-state index contributed by atoms with van der Waals surface area (Å²) in [5.74, 6) is -0.238. The molecule has 2 heteroatoms. The van der Waals surface area contributed by atoms with Gasteiger partial charge in [-0.2, -0.15) is 0 Å². The Morgan fingerprint density at radius 2 is 2.00 bits per heavy atom. The molecule has 0 saturated heterocycles. The van der Waals surface area contributed by atoms with Crippen LogP contribution in [0, 0.1) is 13.8 Å². The predicted molar refractivity (Wildman–Crippen MR) is 53.4 cm³/mol. The third-order valence-electron chi connectivity index (χ3n) is 2.23. The number of benzene rings is 1. The van der Waals surface area contributed by atoms with Crippen molar-refractivity contribution in [3.8, 4) is 0 Å². The van der Waals surface area contributed by atoms with Gasteiger partial charge in [-0.05, 0) is 37.0 Å². The van der Waals surface area contributed by atoms with Crippen LogP contribution in [-0.2, 0) is 11.2 Å². The maximum atomic E-state index is 10.5. The molecule has 1 rings (SSSR count). The standard InChI is InChI=1S/C11H15NO/c1-8-3-4-10(7-9(8)2)5-6-11(12)13/h3-4,7H,5-6H2,1-2H3,(H2,12,13). The first-order chi connectivity index (χ1) is 6.09. The molecule has 0 heterocycles. The van der Waals surface area contributed by atoms with Gasteiger partial charge in [0.2, 0.25) is 5.91 Å². The van der Waals surface area contributed by atoms with Crippen LogP contribution in [0.15, 0.2) is 18.2 Å². The summed E-state index contributed by atoms with van der Waals surface area (Å²) in [5.41, 5.74) is 8.80. The summed E-state index contributed by atoms with van der Waals surface area (Å²) in [6.45, 7) is 4.15. The maximum absolute atomic E-state index is 10.5. The van der Waals surface area contributed by atoms with Crippen molar-refractivity contribution in [3.05, 3.63) is 34.9 Å². The molecule has 2 nitrogen and oxygen atoms in total. The highest BCUT2D eigenvalue weighted by atomic mass is 16.1. The zero-order chi connectivity index (χ0) is 9.84. The summed E-state index contributed by atoms with van der Waals surface area (Å²) < 4.78 is 0. The molecular weight excluding hydrogens is 162 g/mol. The average Bonchev–Trinajstić information content (AvgIpc) is 2.07. The molecule has 0 aliphatic heterocycles. The lowest BCUT2D eigenvalue weighted by Gasteiger charge is -2.03. The smallest absolute Gasteiger partial charge is 0.217 e. The van der Waals surface area contributed by atoms with E-state index in [9.17, 15) is 4.79 Å². The van der Waals surface area contributed by atoms with E-state index in [0.29, 0.717) is 6.42 Å². The van der Waals surface area contributed by atoms with Crippen LogP contribution in [0.1, 0.15) is 23.1 Å². The number of hydrogen-bond donors (Lipinski definition) is 1. The van der Waals surface area contributed by atoms with Gasteiger partial charge in [-0.15, -0.1) is 0 Å². The molecule has 0 atom stereocenters. The van der Waals surface area contributed by atoms with Crippen LogP contribution in [0.3, 0.4) is 0 Å². The highest BCUT2D eigenvalue weighted by Gasteiger charge is 1.98. The van der Waals surface area contributed by atoms with Crippen LogP contribution >= 0.6 is 0 Å². The lowest BCUT2D eigenvalue weighted by Crippen LogP contribution is -2.11. The van der Waals surface area contributed by atoms with Crippen LogP contribution in [0.25, 0.3) is 0 Å². The quantitative estimate of drug-likeness (QED) is 0.750. The second kappa shape index (κ2) is 4.08. The normalized spacial score (nSPS) is 10.0. The van der Waals surface area contributed by atoms with Gasteiger partial charge >= 0.3 is 0 Å². The second-order valence-corrected chi connectivity index (χ2v) is 3.38. The number of carbonyl (C=O) groups is 1. The van der Waals surface area contributed by atoms with E-state index in [1.807, 2.05) is 6.07 Å². The minimum Gasteiger partial charge on any atom is -0.370 e. The van der Waals surface area contributed by atoms with Crippen molar-refractivity contribution in [2.45, 2.75) is 26.7 Å². The molecule has 70 valence electrons. The molecule has 1 aromatic rings. The fourth-order valence-electron chi connectivity index (χ4n) is 1.23. The summed E-state index contributed by atoms with van der Waals surface area (Å²) in [5, 5.41) is 0. The minimum absolute atomic E-state index is 0.238. The van der Waals surface area contributed by atoms with Crippen LogP contribution < -0.4 is 5.73 Å². The van der Waals surface area contributed by atoms with Gasteiger partial charge in [0.1, 0.15) is 0 Å². The first kappa shape index (κ1) is 9.78. The van der Waals surface area contributed by atoms with Crippen LogP contribution in [0.5, 0.6) is 0 Å². The zero-order valence-electron chi connectivity index (χ0n) is 8.13. The Morgan fingerprint density at radius 3 is 2.54 bits per heavy atom. The summed E-state index contributed by atoms with van der Waals surface area (Å²) in [7, 11) is 0. The summed E-state index contributed by atoms with van der Waals surface area (Å²) in [6.07, 6.45) is 1.18. The molecule has 13 heavy (non-hydrogen) atoms. The molecule has 2 N–H and O–H groups in total. The Labute approximate surface area is 78.8 Å². The molecule has 1 aromatic carbocycles. The maximum Gasteiger partial charge on any atom is 0.217 e. The van der Waals surface area contributed by atoms with Gasteiger partial charge in [-0.3, -0.25) is 4.79 Å². The first-order valence-electron chi connectivity index (χ1n) is 4.44. The SMILES string of the molecule is Cc1ccc(CCC(N)=O)cc1C. The van der Waals surface area contributed by atoms with E-state index in [2.05, 4.69) is 26.0 Å². The molecule has 1 amide bonds. The fourth-order valence-corrected chi connectivity index (χ4v) is 1.23. The molecule has 0 bridgehead atoms. The third-order valence-corrected chi connectivity index (χ3v) is 2.23. The number of amides is 1. The van der Waals surface area contributed by atoms with E-state index in [1.165, 1.54) is 16.7 Å². The number of nitrogens with two attached hydrogens (primary N) is 1. The van der Waals surface area contributed by atoms with Crippen molar-refractivity contribution in [1.82, 2.24) is 0 Å². The molecule has 0 aliphatic rings. The summed E-state index contributed by atoms with van der Waals surface area (Å²) in [6, 6.07) is 6.23. The second-order valence-electron chi connectivity index (χ2n) is 3.38. The van der Waals surface area contributed by atoms with Gasteiger partial charge in [0.15, 0.2) is 0 Å². The Hall–Kier alpha value is -1.31. The zero-order valence-corrected chi connectivity index (χ0v) is 8.13. The van der Waals surface area contributed by atoms with Gasteiger partial charge in [0.25, 0.3) is 0 Å². The van der Waals surface area contributed by atoms with E-state index < -0.39 is 0 Å².